The van der Waals surface area contributed by atoms with E-state index in [0.717, 1.165) is 61.6 Å². The Labute approximate surface area is 182 Å². The zero-order valence-corrected chi connectivity index (χ0v) is 18.0. The van der Waals surface area contributed by atoms with Gasteiger partial charge in [0.2, 0.25) is 5.91 Å². The van der Waals surface area contributed by atoms with Crippen molar-refractivity contribution in [3.05, 3.63) is 53.2 Å². The molecule has 6 nitrogen and oxygen atoms in total. The molecule has 31 heavy (non-hydrogen) atoms. The molecular formula is C25H29N3O3. The summed E-state index contributed by atoms with van der Waals surface area (Å²) in [6.45, 7) is 6.34. The second-order valence-corrected chi connectivity index (χ2v) is 8.29. The van der Waals surface area contributed by atoms with Gasteiger partial charge in [-0.15, -0.1) is 0 Å². The third-order valence-corrected chi connectivity index (χ3v) is 6.22. The molecule has 0 fully saturated rings. The van der Waals surface area contributed by atoms with Crippen LogP contribution in [-0.4, -0.2) is 42.1 Å². The van der Waals surface area contributed by atoms with Crippen LogP contribution in [0, 0.1) is 0 Å². The number of carbonyl (C=O) groups is 1. The summed E-state index contributed by atoms with van der Waals surface area (Å²) in [7, 11) is 0. The maximum Gasteiger partial charge on any atom is 0.224 e. The number of aromatic nitrogens is 1. The number of benzene rings is 2. The number of nitrogens with one attached hydrogen (secondary N) is 2. The van der Waals surface area contributed by atoms with Crippen molar-refractivity contribution in [1.82, 2.24) is 9.88 Å². The SMILES string of the molecule is CCOc1cccc2c3c([nH]c12)CN(CCCOc1ccc2c(c1)NC(=O)CC2)CC3. The highest BCUT2D eigenvalue weighted by Gasteiger charge is 2.21. The minimum Gasteiger partial charge on any atom is -0.493 e. The molecule has 0 radical (unpaired) electrons. The van der Waals surface area contributed by atoms with Crippen molar-refractivity contribution in [3.63, 3.8) is 0 Å². The normalized spacial score (nSPS) is 16.0. The molecule has 0 atom stereocenters. The number of hydrogen-bond acceptors (Lipinski definition) is 4. The minimum absolute atomic E-state index is 0.0828. The summed E-state index contributed by atoms with van der Waals surface area (Å²) in [5.41, 5.74) is 5.93. The van der Waals surface area contributed by atoms with Gasteiger partial charge in [0.25, 0.3) is 0 Å². The molecule has 2 N–H and O–H groups in total. The lowest BCUT2D eigenvalue weighted by atomic mass is 10.0. The maximum absolute atomic E-state index is 11.6. The van der Waals surface area contributed by atoms with Gasteiger partial charge in [0.05, 0.1) is 18.7 Å². The lowest BCUT2D eigenvalue weighted by Gasteiger charge is -2.26. The van der Waals surface area contributed by atoms with Crippen LogP contribution in [0.15, 0.2) is 36.4 Å². The number of fused-ring (bicyclic) bond motifs is 4. The highest BCUT2D eigenvalue weighted by atomic mass is 16.5. The molecule has 0 bridgehead atoms. The standard InChI is InChI=1S/C25H29N3O3/c1-2-30-23-6-3-5-20-19-11-13-28(16-22(19)27-25(20)23)12-4-14-31-18-9-7-17-8-10-24(29)26-21(17)15-18/h3,5-7,9,15,27H,2,4,8,10-14,16H2,1H3,(H,26,29). The smallest absolute Gasteiger partial charge is 0.224 e. The first-order valence-electron chi connectivity index (χ1n) is 11.2. The third kappa shape index (κ3) is 4.12. The molecule has 0 aliphatic carbocycles. The van der Waals surface area contributed by atoms with Gasteiger partial charge in [0, 0.05) is 48.9 Å². The number of aromatic amines is 1. The van der Waals surface area contributed by atoms with Gasteiger partial charge in [0.15, 0.2) is 0 Å². The number of rotatable bonds is 7. The fraction of sp³-hybridized carbons (Fsp3) is 0.400. The molecule has 0 saturated heterocycles. The van der Waals surface area contributed by atoms with Crippen LogP contribution in [0.2, 0.25) is 0 Å². The van der Waals surface area contributed by atoms with E-state index >= 15 is 0 Å². The number of ether oxygens (including phenoxy) is 2. The summed E-state index contributed by atoms with van der Waals surface area (Å²) in [6.07, 6.45) is 3.38. The molecule has 3 aromatic rings. The van der Waals surface area contributed by atoms with Crippen LogP contribution in [0.4, 0.5) is 5.69 Å². The van der Waals surface area contributed by atoms with Crippen molar-refractivity contribution in [2.75, 3.05) is 31.6 Å². The Hall–Kier alpha value is -2.99. The monoisotopic (exact) mass is 419 g/mol. The van der Waals surface area contributed by atoms with Crippen molar-refractivity contribution in [3.8, 4) is 11.5 Å². The van der Waals surface area contributed by atoms with Crippen molar-refractivity contribution in [1.29, 1.82) is 0 Å². The van der Waals surface area contributed by atoms with Gasteiger partial charge in [-0.25, -0.2) is 0 Å². The second kappa shape index (κ2) is 8.63. The van der Waals surface area contributed by atoms with E-state index in [0.29, 0.717) is 19.6 Å². The molecule has 1 aromatic heterocycles. The molecule has 0 saturated carbocycles. The van der Waals surface area contributed by atoms with Gasteiger partial charge in [-0.3, -0.25) is 9.69 Å². The van der Waals surface area contributed by atoms with E-state index in [1.165, 1.54) is 22.2 Å². The van der Waals surface area contributed by atoms with Crippen molar-refractivity contribution in [2.24, 2.45) is 0 Å². The van der Waals surface area contributed by atoms with E-state index in [4.69, 9.17) is 9.47 Å². The van der Waals surface area contributed by atoms with Crippen LogP contribution in [0.1, 0.15) is 36.6 Å². The Morgan fingerprint density at radius 3 is 2.94 bits per heavy atom. The fourth-order valence-corrected chi connectivity index (χ4v) is 4.68. The molecule has 6 heteroatoms. The van der Waals surface area contributed by atoms with E-state index in [2.05, 4.69) is 33.4 Å². The molecule has 0 unspecified atom stereocenters. The van der Waals surface area contributed by atoms with Gasteiger partial charge in [-0.05, 0) is 49.4 Å². The fourth-order valence-electron chi connectivity index (χ4n) is 4.68. The third-order valence-electron chi connectivity index (χ3n) is 6.22. The van der Waals surface area contributed by atoms with Crippen molar-refractivity contribution < 1.29 is 14.3 Å². The van der Waals surface area contributed by atoms with Crippen molar-refractivity contribution >= 4 is 22.5 Å². The summed E-state index contributed by atoms with van der Waals surface area (Å²) in [6, 6.07) is 12.3. The Morgan fingerprint density at radius 2 is 2.03 bits per heavy atom. The van der Waals surface area contributed by atoms with Gasteiger partial charge in [0.1, 0.15) is 11.5 Å². The van der Waals surface area contributed by atoms with Crippen LogP contribution in [0.3, 0.4) is 0 Å². The largest absolute Gasteiger partial charge is 0.493 e. The van der Waals surface area contributed by atoms with Gasteiger partial charge >= 0.3 is 0 Å². The predicted octanol–water partition coefficient (Wildman–Crippen LogP) is 4.28. The first-order valence-corrected chi connectivity index (χ1v) is 11.2. The molecule has 2 aliphatic rings. The molecule has 1 amide bonds. The van der Waals surface area contributed by atoms with E-state index in [1.807, 2.05) is 25.1 Å². The second-order valence-electron chi connectivity index (χ2n) is 8.29. The zero-order chi connectivity index (χ0) is 21.2. The van der Waals surface area contributed by atoms with E-state index in [9.17, 15) is 4.79 Å². The average molecular weight is 420 g/mol. The first-order chi connectivity index (χ1) is 15.2. The molecule has 2 aliphatic heterocycles. The summed E-state index contributed by atoms with van der Waals surface area (Å²) < 4.78 is 11.8. The number of H-pyrrole nitrogens is 1. The Bertz CT molecular complexity index is 1100. The van der Waals surface area contributed by atoms with Crippen LogP contribution in [0.25, 0.3) is 10.9 Å². The molecule has 5 rings (SSSR count). The van der Waals surface area contributed by atoms with Crippen molar-refractivity contribution in [2.45, 2.75) is 39.2 Å². The van der Waals surface area contributed by atoms with Gasteiger partial charge in [-0.2, -0.15) is 0 Å². The highest BCUT2D eigenvalue weighted by molar-refractivity contribution is 5.94. The van der Waals surface area contributed by atoms with E-state index in [-0.39, 0.29) is 5.91 Å². The Balaban J connectivity index is 1.16. The van der Waals surface area contributed by atoms with Gasteiger partial charge < -0.3 is 19.8 Å². The Morgan fingerprint density at radius 1 is 1.10 bits per heavy atom. The number of amides is 1. The molecular weight excluding hydrogens is 390 g/mol. The number of carbonyl (C=O) groups excluding carboxylic acids is 1. The van der Waals surface area contributed by atoms with Gasteiger partial charge in [-0.1, -0.05) is 18.2 Å². The summed E-state index contributed by atoms with van der Waals surface area (Å²) in [5, 5.41) is 4.23. The minimum atomic E-state index is 0.0828. The number of anilines is 1. The first kappa shape index (κ1) is 19.9. The summed E-state index contributed by atoms with van der Waals surface area (Å²) in [4.78, 5) is 17.7. The number of hydrogen-bond donors (Lipinski definition) is 2. The molecule has 0 spiro atoms. The maximum atomic E-state index is 11.6. The molecule has 3 heterocycles. The van der Waals surface area contributed by atoms with E-state index in [1.54, 1.807) is 0 Å². The number of nitrogens with zero attached hydrogens (tertiary/aromatic N) is 1. The van der Waals surface area contributed by atoms with Crippen LogP contribution in [-0.2, 0) is 24.2 Å². The lowest BCUT2D eigenvalue weighted by Crippen LogP contribution is -2.31. The van der Waals surface area contributed by atoms with Crippen LogP contribution < -0.4 is 14.8 Å². The topological polar surface area (TPSA) is 66.6 Å². The molecule has 162 valence electrons. The van der Waals surface area contributed by atoms with Crippen LogP contribution in [0.5, 0.6) is 11.5 Å². The Kier molecular flexibility index (Phi) is 5.55. The average Bonchev–Trinajstić information content (AvgIpc) is 3.15. The highest BCUT2D eigenvalue weighted by Crippen LogP contribution is 2.33. The molecule has 2 aromatic carbocycles. The summed E-state index contributed by atoms with van der Waals surface area (Å²) in [5.74, 6) is 1.84. The van der Waals surface area contributed by atoms with E-state index < -0.39 is 0 Å². The quantitative estimate of drug-likeness (QED) is 0.561. The number of para-hydroxylation sites is 1. The predicted molar refractivity (Wildman–Crippen MR) is 122 cm³/mol. The number of aryl methyl sites for hydroxylation is 1. The lowest BCUT2D eigenvalue weighted by molar-refractivity contribution is -0.116. The van der Waals surface area contributed by atoms with Crippen LogP contribution >= 0.6 is 0 Å². The zero-order valence-electron chi connectivity index (χ0n) is 18.0. The summed E-state index contributed by atoms with van der Waals surface area (Å²) >= 11 is 0.